The van der Waals surface area contributed by atoms with E-state index in [1.165, 1.54) is 30.6 Å². The highest BCUT2D eigenvalue weighted by Crippen LogP contribution is 2.28. The highest BCUT2D eigenvalue weighted by molar-refractivity contribution is 7.12. The molecule has 0 radical (unpaired) electrons. The molecular weight excluding hydrogens is 400 g/mol. The third-order valence-electron chi connectivity index (χ3n) is 5.11. The summed E-state index contributed by atoms with van der Waals surface area (Å²) in [6.07, 6.45) is 12.5. The van der Waals surface area contributed by atoms with E-state index < -0.39 is 5.91 Å². The van der Waals surface area contributed by atoms with Crippen LogP contribution < -0.4 is 16.0 Å². The predicted octanol–water partition coefficient (Wildman–Crippen LogP) is 3.08. The maximum absolute atomic E-state index is 11.4. The SMILES string of the molecule is NC(=O)c1cc(-c2cnc(Nc3cnc(N4CCCCC4)nc3)c3nccn23)cs1. The van der Waals surface area contributed by atoms with Gasteiger partial charge < -0.3 is 16.0 Å². The van der Waals surface area contributed by atoms with Gasteiger partial charge in [-0.25, -0.2) is 19.9 Å². The lowest BCUT2D eigenvalue weighted by atomic mass is 10.1. The number of imidazole rings is 1. The van der Waals surface area contributed by atoms with Crippen LogP contribution in [-0.4, -0.2) is 43.3 Å². The molecule has 30 heavy (non-hydrogen) atoms. The van der Waals surface area contributed by atoms with Crippen LogP contribution in [0.25, 0.3) is 16.9 Å². The zero-order chi connectivity index (χ0) is 20.5. The first-order valence-electron chi connectivity index (χ1n) is 9.74. The van der Waals surface area contributed by atoms with Gasteiger partial charge in [0.25, 0.3) is 5.91 Å². The number of anilines is 3. The van der Waals surface area contributed by atoms with Crippen molar-refractivity contribution in [1.29, 1.82) is 0 Å². The summed E-state index contributed by atoms with van der Waals surface area (Å²) in [5.74, 6) is 0.924. The fourth-order valence-corrected chi connectivity index (χ4v) is 4.35. The molecule has 4 aromatic rings. The minimum atomic E-state index is -0.438. The number of hydrogen-bond donors (Lipinski definition) is 2. The summed E-state index contributed by atoms with van der Waals surface area (Å²) in [7, 11) is 0. The third kappa shape index (κ3) is 3.45. The number of carbonyl (C=O) groups is 1. The number of fused-ring (bicyclic) bond motifs is 1. The number of aromatic nitrogens is 5. The van der Waals surface area contributed by atoms with Gasteiger partial charge in [-0.3, -0.25) is 9.20 Å². The van der Waals surface area contributed by atoms with Crippen LogP contribution >= 0.6 is 11.3 Å². The summed E-state index contributed by atoms with van der Waals surface area (Å²) in [5.41, 5.74) is 8.48. The number of carbonyl (C=O) groups excluding carboxylic acids is 1. The molecule has 0 saturated carbocycles. The Balaban J connectivity index is 1.41. The smallest absolute Gasteiger partial charge is 0.258 e. The Kier molecular flexibility index (Phi) is 4.75. The first-order chi connectivity index (χ1) is 14.7. The molecule has 0 spiro atoms. The van der Waals surface area contributed by atoms with Gasteiger partial charge in [-0.1, -0.05) is 0 Å². The van der Waals surface area contributed by atoms with Crippen LogP contribution in [0.5, 0.6) is 0 Å². The molecule has 3 N–H and O–H groups in total. The van der Waals surface area contributed by atoms with E-state index in [4.69, 9.17) is 5.73 Å². The summed E-state index contributed by atoms with van der Waals surface area (Å²) in [6, 6.07) is 1.77. The molecular formula is C20H20N8OS. The predicted molar refractivity (Wildman–Crippen MR) is 116 cm³/mol. The number of thiophene rings is 1. The highest BCUT2D eigenvalue weighted by Gasteiger charge is 2.15. The van der Waals surface area contributed by atoms with E-state index in [0.29, 0.717) is 16.3 Å². The Labute approximate surface area is 176 Å². The number of nitrogens with one attached hydrogen (secondary N) is 1. The summed E-state index contributed by atoms with van der Waals surface area (Å²) in [4.78, 5) is 32.1. The molecule has 1 saturated heterocycles. The summed E-state index contributed by atoms with van der Waals surface area (Å²) < 4.78 is 1.92. The van der Waals surface area contributed by atoms with Gasteiger partial charge in [0.1, 0.15) is 0 Å². The van der Waals surface area contributed by atoms with Gasteiger partial charge in [-0.2, -0.15) is 0 Å². The standard InChI is InChI=1S/C20H20N8OS/c21-17(29)16-8-13(12-30-16)15-11-23-18(19-22-4-7-28(15)19)26-14-9-24-20(25-10-14)27-5-2-1-3-6-27/h4,7-12H,1-3,5-6H2,(H2,21,29)(H,23,26). The zero-order valence-electron chi connectivity index (χ0n) is 16.2. The van der Waals surface area contributed by atoms with Crippen LogP contribution in [-0.2, 0) is 0 Å². The molecule has 5 heterocycles. The largest absolute Gasteiger partial charge is 0.365 e. The molecule has 0 unspecified atom stereocenters. The lowest BCUT2D eigenvalue weighted by Gasteiger charge is -2.26. The van der Waals surface area contributed by atoms with E-state index >= 15 is 0 Å². The van der Waals surface area contributed by atoms with Crippen molar-refractivity contribution >= 4 is 40.3 Å². The molecule has 5 rings (SSSR count). The van der Waals surface area contributed by atoms with Crippen LogP contribution in [0.1, 0.15) is 28.9 Å². The minimum Gasteiger partial charge on any atom is -0.365 e. The van der Waals surface area contributed by atoms with E-state index in [-0.39, 0.29) is 0 Å². The molecule has 0 aliphatic carbocycles. The molecule has 1 fully saturated rings. The van der Waals surface area contributed by atoms with Gasteiger partial charge in [0.05, 0.1) is 34.8 Å². The second-order valence-corrected chi connectivity index (χ2v) is 8.03. The third-order valence-corrected chi connectivity index (χ3v) is 6.05. The van der Waals surface area contributed by atoms with Gasteiger partial charge in [-0.15, -0.1) is 11.3 Å². The van der Waals surface area contributed by atoms with Gasteiger partial charge in [0.15, 0.2) is 11.5 Å². The molecule has 9 nitrogen and oxygen atoms in total. The van der Waals surface area contributed by atoms with E-state index in [1.54, 1.807) is 30.9 Å². The number of nitrogens with zero attached hydrogens (tertiary/aromatic N) is 6. The first kappa shape index (κ1) is 18.5. The van der Waals surface area contributed by atoms with Gasteiger partial charge in [0.2, 0.25) is 5.95 Å². The van der Waals surface area contributed by atoms with Crippen molar-refractivity contribution < 1.29 is 4.79 Å². The van der Waals surface area contributed by atoms with Crippen molar-refractivity contribution in [2.24, 2.45) is 5.73 Å². The van der Waals surface area contributed by atoms with Crippen LogP contribution in [0.4, 0.5) is 17.5 Å². The number of nitrogens with two attached hydrogens (primary N) is 1. The van der Waals surface area contributed by atoms with Crippen LogP contribution in [0.3, 0.4) is 0 Å². The monoisotopic (exact) mass is 420 g/mol. The quantitative estimate of drug-likeness (QED) is 0.510. The number of primary amides is 1. The van der Waals surface area contributed by atoms with Crippen LogP contribution in [0.2, 0.25) is 0 Å². The van der Waals surface area contributed by atoms with Crippen LogP contribution in [0.15, 0.2) is 42.4 Å². The summed E-state index contributed by atoms with van der Waals surface area (Å²) in [6.45, 7) is 2.01. The van der Waals surface area contributed by atoms with E-state index in [9.17, 15) is 4.79 Å². The fraction of sp³-hybridized carbons (Fsp3) is 0.250. The molecule has 0 aromatic carbocycles. The molecule has 10 heteroatoms. The normalized spacial score (nSPS) is 14.2. The second kappa shape index (κ2) is 7.71. The number of piperidine rings is 1. The van der Waals surface area contributed by atoms with Crippen molar-refractivity contribution in [2.45, 2.75) is 19.3 Å². The van der Waals surface area contributed by atoms with Crippen LogP contribution in [0, 0.1) is 0 Å². The molecule has 1 aliphatic heterocycles. The maximum Gasteiger partial charge on any atom is 0.258 e. The summed E-state index contributed by atoms with van der Waals surface area (Å²) in [5, 5.41) is 5.14. The van der Waals surface area contributed by atoms with E-state index in [2.05, 4.69) is 30.2 Å². The summed E-state index contributed by atoms with van der Waals surface area (Å²) >= 11 is 1.31. The fourth-order valence-electron chi connectivity index (χ4n) is 3.60. The molecule has 1 amide bonds. The topological polar surface area (TPSA) is 114 Å². The number of rotatable bonds is 5. The average Bonchev–Trinajstić information content (AvgIpc) is 3.46. The lowest BCUT2D eigenvalue weighted by Crippen LogP contribution is -2.30. The second-order valence-electron chi connectivity index (χ2n) is 7.12. The Morgan fingerprint density at radius 1 is 1.07 bits per heavy atom. The maximum atomic E-state index is 11.4. The number of amides is 1. The van der Waals surface area contributed by atoms with E-state index in [1.807, 2.05) is 16.0 Å². The van der Waals surface area contributed by atoms with Crippen molar-refractivity contribution in [1.82, 2.24) is 24.3 Å². The molecule has 152 valence electrons. The minimum absolute atomic E-state index is 0.438. The Bertz CT molecular complexity index is 1190. The molecule has 1 aliphatic rings. The first-order valence-corrected chi connectivity index (χ1v) is 10.6. The molecule has 4 aromatic heterocycles. The molecule has 0 atom stereocenters. The van der Waals surface area contributed by atoms with Crippen molar-refractivity contribution in [3.8, 4) is 11.3 Å². The highest BCUT2D eigenvalue weighted by atomic mass is 32.1. The lowest BCUT2D eigenvalue weighted by molar-refractivity contribution is 0.100. The van der Waals surface area contributed by atoms with Crippen molar-refractivity contribution in [3.05, 3.63) is 47.3 Å². The zero-order valence-corrected chi connectivity index (χ0v) is 17.0. The number of hydrogen-bond acceptors (Lipinski definition) is 8. The Hall–Kier alpha value is -3.53. The van der Waals surface area contributed by atoms with Crippen molar-refractivity contribution in [3.63, 3.8) is 0 Å². The van der Waals surface area contributed by atoms with E-state index in [0.717, 1.165) is 36.0 Å². The molecule has 0 bridgehead atoms. The Morgan fingerprint density at radius 3 is 2.60 bits per heavy atom. The van der Waals surface area contributed by atoms with Gasteiger partial charge in [-0.05, 0) is 25.3 Å². The van der Waals surface area contributed by atoms with Crippen molar-refractivity contribution in [2.75, 3.05) is 23.3 Å². The average molecular weight is 421 g/mol. The van der Waals surface area contributed by atoms with Gasteiger partial charge >= 0.3 is 0 Å². The van der Waals surface area contributed by atoms with Gasteiger partial charge in [0, 0.05) is 36.4 Å². The Morgan fingerprint density at radius 2 is 1.87 bits per heavy atom.